The minimum Gasteiger partial charge on any atom is -0.344 e. The van der Waals surface area contributed by atoms with Crippen LogP contribution in [0.25, 0.3) is 0 Å². The van der Waals surface area contributed by atoms with Crippen molar-refractivity contribution in [2.24, 2.45) is 5.92 Å². The molecule has 0 aliphatic heterocycles. The number of nitrogens with one attached hydrogen (secondary N) is 3. The van der Waals surface area contributed by atoms with Crippen LogP contribution in [0.1, 0.15) is 20.8 Å². The zero-order chi connectivity index (χ0) is 21.8. The Hall–Kier alpha value is -2.29. The third-order valence-electron chi connectivity index (χ3n) is 3.91. The molecule has 29 heavy (non-hydrogen) atoms. The molecule has 0 aliphatic rings. The fourth-order valence-electron chi connectivity index (χ4n) is 2.50. The average Bonchev–Trinajstić information content (AvgIpc) is 2.62. The molecular weight excluding hydrogens is 437 g/mol. The van der Waals surface area contributed by atoms with Gasteiger partial charge in [0.05, 0.1) is 15.7 Å². The van der Waals surface area contributed by atoms with Crippen molar-refractivity contribution in [2.75, 3.05) is 10.0 Å². The second kappa shape index (κ2) is 9.47. The summed E-state index contributed by atoms with van der Waals surface area (Å²) in [6.45, 7) is 4.88. The maximum absolute atomic E-state index is 12.8. The summed E-state index contributed by atoms with van der Waals surface area (Å²) >= 11 is 12.1. The summed E-state index contributed by atoms with van der Waals surface area (Å²) in [5.41, 5.74) is 0.417. The van der Waals surface area contributed by atoms with E-state index in [0.717, 1.165) is 0 Å². The number of sulfonamides is 1. The Morgan fingerprint density at radius 1 is 1.00 bits per heavy atom. The highest BCUT2D eigenvalue weighted by atomic mass is 35.5. The maximum Gasteiger partial charge on any atom is 0.263 e. The molecule has 0 saturated heterocycles. The first-order valence-corrected chi connectivity index (χ1v) is 10.9. The molecule has 0 radical (unpaired) electrons. The van der Waals surface area contributed by atoms with Crippen molar-refractivity contribution in [3.05, 3.63) is 52.5 Å². The predicted molar refractivity (Wildman–Crippen MR) is 115 cm³/mol. The molecule has 2 aromatic rings. The van der Waals surface area contributed by atoms with Crippen LogP contribution >= 0.6 is 23.2 Å². The van der Waals surface area contributed by atoms with Crippen molar-refractivity contribution in [1.82, 2.24) is 5.32 Å². The number of carbonyl (C=O) groups is 2. The number of rotatable bonds is 7. The number of para-hydroxylation sites is 1. The number of anilines is 2. The number of hydrogen-bond donors (Lipinski definition) is 3. The Balaban J connectivity index is 2.30. The summed E-state index contributed by atoms with van der Waals surface area (Å²) < 4.78 is 27.9. The van der Waals surface area contributed by atoms with E-state index >= 15 is 0 Å². The van der Waals surface area contributed by atoms with Gasteiger partial charge in [0.25, 0.3) is 10.0 Å². The summed E-state index contributed by atoms with van der Waals surface area (Å²) in [5, 5.41) is 5.39. The van der Waals surface area contributed by atoms with Crippen LogP contribution in [-0.4, -0.2) is 26.3 Å². The molecule has 0 aromatic heterocycles. The van der Waals surface area contributed by atoms with Crippen LogP contribution in [0.15, 0.2) is 47.4 Å². The Kier molecular flexibility index (Phi) is 7.51. The van der Waals surface area contributed by atoms with Gasteiger partial charge in [-0.1, -0.05) is 49.2 Å². The van der Waals surface area contributed by atoms with Crippen molar-refractivity contribution >= 4 is 56.4 Å². The minimum absolute atomic E-state index is 0.0233. The number of hydrogen-bond acceptors (Lipinski definition) is 4. The summed E-state index contributed by atoms with van der Waals surface area (Å²) in [5.74, 6) is -0.988. The second-order valence-electron chi connectivity index (χ2n) is 6.64. The van der Waals surface area contributed by atoms with Crippen LogP contribution in [0, 0.1) is 5.92 Å². The van der Waals surface area contributed by atoms with Gasteiger partial charge in [-0.05, 0) is 36.2 Å². The van der Waals surface area contributed by atoms with E-state index in [0.29, 0.717) is 0 Å². The van der Waals surface area contributed by atoms with E-state index in [9.17, 15) is 18.0 Å². The fraction of sp³-hybridized carbons (Fsp3) is 0.263. The smallest absolute Gasteiger partial charge is 0.263 e. The van der Waals surface area contributed by atoms with E-state index in [-0.39, 0.29) is 38.1 Å². The summed E-state index contributed by atoms with van der Waals surface area (Å²) in [7, 11) is -4.07. The van der Waals surface area contributed by atoms with Gasteiger partial charge in [0.1, 0.15) is 10.9 Å². The zero-order valence-electron chi connectivity index (χ0n) is 16.0. The lowest BCUT2D eigenvalue weighted by molar-refractivity contribution is -0.126. The van der Waals surface area contributed by atoms with Crippen molar-refractivity contribution in [1.29, 1.82) is 0 Å². The minimum atomic E-state index is -4.07. The van der Waals surface area contributed by atoms with Gasteiger partial charge in [0, 0.05) is 12.6 Å². The normalized spacial score (nSPS) is 12.3. The monoisotopic (exact) mass is 457 g/mol. The van der Waals surface area contributed by atoms with Gasteiger partial charge in [-0.2, -0.15) is 0 Å². The molecule has 0 saturated carbocycles. The van der Waals surface area contributed by atoms with Crippen LogP contribution in [0.5, 0.6) is 0 Å². The molecule has 0 fully saturated rings. The van der Waals surface area contributed by atoms with E-state index in [1.807, 2.05) is 0 Å². The largest absolute Gasteiger partial charge is 0.344 e. The first kappa shape index (κ1) is 23.0. The molecule has 2 rings (SSSR count). The molecule has 0 heterocycles. The molecule has 7 nitrogen and oxygen atoms in total. The number of carbonyl (C=O) groups excluding carboxylic acids is 2. The van der Waals surface area contributed by atoms with Crippen LogP contribution in [-0.2, 0) is 19.6 Å². The number of amides is 2. The molecule has 0 spiro atoms. The average molecular weight is 458 g/mol. The predicted octanol–water partition coefficient (Wildman–Crippen LogP) is 3.89. The highest BCUT2D eigenvalue weighted by Crippen LogP contribution is 2.29. The second-order valence-corrected chi connectivity index (χ2v) is 9.11. The molecule has 10 heteroatoms. The van der Waals surface area contributed by atoms with Crippen LogP contribution in [0.2, 0.25) is 10.0 Å². The number of halogens is 2. The molecule has 2 aromatic carbocycles. The quantitative estimate of drug-likeness (QED) is 0.586. The van der Waals surface area contributed by atoms with E-state index in [4.69, 9.17) is 23.2 Å². The third-order valence-corrected chi connectivity index (χ3v) is 6.09. The topological polar surface area (TPSA) is 104 Å². The Bertz CT molecular complexity index is 1030. The summed E-state index contributed by atoms with van der Waals surface area (Å²) in [6, 6.07) is 9.67. The van der Waals surface area contributed by atoms with Crippen molar-refractivity contribution in [3.8, 4) is 0 Å². The van der Waals surface area contributed by atoms with Gasteiger partial charge >= 0.3 is 0 Å². The van der Waals surface area contributed by atoms with E-state index in [1.54, 1.807) is 32.0 Å². The van der Waals surface area contributed by atoms with E-state index in [2.05, 4.69) is 15.4 Å². The molecule has 0 bridgehead atoms. The zero-order valence-corrected chi connectivity index (χ0v) is 18.3. The molecule has 3 N–H and O–H groups in total. The highest BCUT2D eigenvalue weighted by Gasteiger charge is 2.24. The fourth-order valence-corrected chi connectivity index (χ4v) is 4.35. The number of benzene rings is 2. The Morgan fingerprint density at radius 3 is 2.24 bits per heavy atom. The van der Waals surface area contributed by atoms with Gasteiger partial charge in [-0.15, -0.1) is 0 Å². The lowest BCUT2D eigenvalue weighted by Crippen LogP contribution is -2.46. The van der Waals surface area contributed by atoms with Gasteiger partial charge in [0.15, 0.2) is 0 Å². The Labute approximate surface area is 179 Å². The molecule has 2 amide bonds. The molecule has 0 aliphatic carbocycles. The molecule has 156 valence electrons. The molecule has 0 unspecified atom stereocenters. The maximum atomic E-state index is 12.8. The molecular formula is C19H21Cl2N3O4S. The van der Waals surface area contributed by atoms with Crippen molar-refractivity contribution in [3.63, 3.8) is 0 Å². The lowest BCUT2D eigenvalue weighted by Gasteiger charge is -2.21. The van der Waals surface area contributed by atoms with Gasteiger partial charge in [-0.25, -0.2) is 8.42 Å². The van der Waals surface area contributed by atoms with Crippen molar-refractivity contribution in [2.45, 2.75) is 31.7 Å². The first-order valence-electron chi connectivity index (χ1n) is 8.66. The summed E-state index contributed by atoms with van der Waals surface area (Å²) in [4.78, 5) is 23.6. The van der Waals surface area contributed by atoms with Gasteiger partial charge in [0.2, 0.25) is 11.8 Å². The highest BCUT2D eigenvalue weighted by molar-refractivity contribution is 7.92. The standard InChI is InChI=1S/C19H21Cl2N3O4S/c1-11(2)18(22-12(3)25)19(26)23-13-8-9-15(21)17(10-13)29(27,28)24-16-7-5-4-6-14(16)20/h4-11,18,24H,1-3H3,(H,22,25)(H,23,26)/t18-/m1/s1. The first-order chi connectivity index (χ1) is 13.5. The molecule has 1 atom stereocenters. The lowest BCUT2D eigenvalue weighted by atomic mass is 10.0. The van der Waals surface area contributed by atoms with E-state index < -0.39 is 22.0 Å². The van der Waals surface area contributed by atoms with E-state index in [1.165, 1.54) is 31.2 Å². The SMILES string of the molecule is CC(=O)N[C@@H](C(=O)Nc1ccc(Cl)c(S(=O)(=O)Nc2ccccc2Cl)c1)C(C)C. The van der Waals surface area contributed by atoms with Gasteiger partial charge < -0.3 is 10.6 Å². The van der Waals surface area contributed by atoms with Crippen molar-refractivity contribution < 1.29 is 18.0 Å². The Morgan fingerprint density at radius 2 is 1.66 bits per heavy atom. The summed E-state index contributed by atoms with van der Waals surface area (Å²) in [6.07, 6.45) is 0. The van der Waals surface area contributed by atoms with Crippen LogP contribution in [0.3, 0.4) is 0 Å². The third kappa shape index (κ3) is 6.09. The van der Waals surface area contributed by atoms with Gasteiger partial charge in [-0.3, -0.25) is 14.3 Å². The van der Waals surface area contributed by atoms with Crippen LogP contribution in [0.4, 0.5) is 11.4 Å². The van der Waals surface area contributed by atoms with Crippen LogP contribution < -0.4 is 15.4 Å².